The van der Waals surface area contributed by atoms with Gasteiger partial charge in [-0.3, -0.25) is 0 Å². The van der Waals surface area contributed by atoms with E-state index < -0.39 is 0 Å². The Hall–Kier alpha value is -1.96. The van der Waals surface area contributed by atoms with Gasteiger partial charge < -0.3 is 10.5 Å². The van der Waals surface area contributed by atoms with E-state index >= 15 is 0 Å². The van der Waals surface area contributed by atoms with E-state index in [0.29, 0.717) is 6.61 Å². The highest BCUT2D eigenvalue weighted by Gasteiger charge is 2.01. The van der Waals surface area contributed by atoms with Crippen LogP contribution in [0.25, 0.3) is 0 Å². The molecular formula is C28H43NO. The van der Waals surface area contributed by atoms with Crippen molar-refractivity contribution in [1.29, 1.82) is 0 Å². The van der Waals surface area contributed by atoms with E-state index in [9.17, 15) is 0 Å². The van der Waals surface area contributed by atoms with Crippen LogP contribution in [0.4, 0.5) is 5.69 Å². The van der Waals surface area contributed by atoms with E-state index in [1.165, 1.54) is 95.5 Å². The molecule has 2 aromatic carbocycles. The highest BCUT2D eigenvalue weighted by molar-refractivity contribution is 5.46. The van der Waals surface area contributed by atoms with Gasteiger partial charge in [0.25, 0.3) is 0 Å². The number of aryl methyl sites for hydroxylation is 1. The van der Waals surface area contributed by atoms with Gasteiger partial charge in [0.15, 0.2) is 0 Å². The van der Waals surface area contributed by atoms with Gasteiger partial charge in [0.1, 0.15) is 12.4 Å². The third-order valence-corrected chi connectivity index (χ3v) is 5.94. The lowest BCUT2D eigenvalue weighted by atomic mass is 10.0. The molecule has 0 heterocycles. The second-order valence-corrected chi connectivity index (χ2v) is 8.62. The Morgan fingerprint density at radius 1 is 0.633 bits per heavy atom. The number of unbranched alkanes of at least 4 members (excludes halogenated alkanes) is 12. The number of ether oxygens (including phenoxy) is 1. The van der Waals surface area contributed by atoms with Crippen LogP contribution < -0.4 is 10.5 Å². The van der Waals surface area contributed by atoms with Crippen molar-refractivity contribution >= 4 is 5.69 Å². The molecule has 0 aliphatic rings. The number of rotatable bonds is 17. The zero-order chi connectivity index (χ0) is 21.3. The molecule has 2 N–H and O–H groups in total. The monoisotopic (exact) mass is 409 g/mol. The fourth-order valence-electron chi connectivity index (χ4n) is 3.93. The smallest absolute Gasteiger partial charge is 0.119 e. The molecule has 30 heavy (non-hydrogen) atoms. The number of nitrogens with two attached hydrogens (primary N) is 1. The molecular weight excluding hydrogens is 366 g/mol. The van der Waals surface area contributed by atoms with E-state index in [1.54, 1.807) is 0 Å². The second-order valence-electron chi connectivity index (χ2n) is 8.62. The summed E-state index contributed by atoms with van der Waals surface area (Å²) < 4.78 is 5.87. The first-order chi connectivity index (χ1) is 14.8. The lowest BCUT2D eigenvalue weighted by Crippen LogP contribution is -1.99. The van der Waals surface area contributed by atoms with Gasteiger partial charge in [-0.15, -0.1) is 0 Å². The molecule has 0 saturated carbocycles. The Morgan fingerprint density at radius 2 is 1.17 bits per heavy atom. The van der Waals surface area contributed by atoms with Gasteiger partial charge in [-0.05, 0) is 36.6 Å². The van der Waals surface area contributed by atoms with Crippen molar-refractivity contribution in [3.05, 3.63) is 59.7 Å². The van der Waals surface area contributed by atoms with Crippen molar-refractivity contribution in [2.45, 2.75) is 103 Å². The third kappa shape index (κ3) is 10.7. The first kappa shape index (κ1) is 24.3. The van der Waals surface area contributed by atoms with E-state index in [0.717, 1.165) is 17.0 Å². The lowest BCUT2D eigenvalue weighted by molar-refractivity contribution is 0.307. The van der Waals surface area contributed by atoms with Gasteiger partial charge in [0.05, 0.1) is 0 Å². The fourth-order valence-corrected chi connectivity index (χ4v) is 3.93. The van der Waals surface area contributed by atoms with Gasteiger partial charge >= 0.3 is 0 Å². The standard InChI is InChI=1S/C28H43NO/c1-2-3-4-5-6-7-8-9-10-11-12-13-14-17-25-20-22-27(23-21-25)30-24-26-18-15-16-19-28(26)29/h15-16,18-23H,2-14,17,24,29H2,1H3. The highest BCUT2D eigenvalue weighted by atomic mass is 16.5. The van der Waals surface area contributed by atoms with Crippen LogP contribution in [0.15, 0.2) is 48.5 Å². The summed E-state index contributed by atoms with van der Waals surface area (Å²) in [6.45, 7) is 2.81. The maximum absolute atomic E-state index is 5.97. The number of benzene rings is 2. The topological polar surface area (TPSA) is 35.2 Å². The van der Waals surface area contributed by atoms with Crippen molar-refractivity contribution in [1.82, 2.24) is 0 Å². The Labute approximate surface area is 185 Å². The van der Waals surface area contributed by atoms with E-state index in [4.69, 9.17) is 10.5 Å². The molecule has 0 aliphatic heterocycles. The number of hydrogen-bond acceptors (Lipinski definition) is 2. The molecule has 166 valence electrons. The largest absolute Gasteiger partial charge is 0.489 e. The summed E-state index contributed by atoms with van der Waals surface area (Å²) in [5, 5.41) is 0. The zero-order valence-corrected chi connectivity index (χ0v) is 19.2. The molecule has 2 rings (SSSR count). The van der Waals surface area contributed by atoms with Crippen molar-refractivity contribution in [3.8, 4) is 5.75 Å². The van der Waals surface area contributed by atoms with Crippen LogP contribution in [0.1, 0.15) is 102 Å². The number of para-hydroxylation sites is 1. The molecule has 0 radical (unpaired) electrons. The summed E-state index contributed by atoms with van der Waals surface area (Å²) in [4.78, 5) is 0. The first-order valence-corrected chi connectivity index (χ1v) is 12.3. The van der Waals surface area contributed by atoms with E-state index in [1.807, 2.05) is 24.3 Å². The predicted molar refractivity (Wildman–Crippen MR) is 131 cm³/mol. The highest BCUT2D eigenvalue weighted by Crippen LogP contribution is 2.18. The Balaban J connectivity index is 1.45. The van der Waals surface area contributed by atoms with Crippen molar-refractivity contribution in [3.63, 3.8) is 0 Å². The zero-order valence-electron chi connectivity index (χ0n) is 19.2. The van der Waals surface area contributed by atoms with Crippen molar-refractivity contribution < 1.29 is 4.74 Å². The molecule has 2 heteroatoms. The van der Waals surface area contributed by atoms with Crippen molar-refractivity contribution in [2.75, 3.05) is 5.73 Å². The van der Waals surface area contributed by atoms with E-state index in [-0.39, 0.29) is 0 Å². The minimum atomic E-state index is 0.519. The van der Waals surface area contributed by atoms with E-state index in [2.05, 4.69) is 31.2 Å². The predicted octanol–water partition coefficient (Wildman–Crippen LogP) is 8.48. The maximum Gasteiger partial charge on any atom is 0.119 e. The average Bonchev–Trinajstić information content (AvgIpc) is 2.77. The maximum atomic E-state index is 5.97. The minimum absolute atomic E-state index is 0.519. The first-order valence-electron chi connectivity index (χ1n) is 12.3. The molecule has 0 bridgehead atoms. The van der Waals surface area contributed by atoms with Crippen LogP contribution in [0, 0.1) is 0 Å². The van der Waals surface area contributed by atoms with Crippen molar-refractivity contribution in [2.24, 2.45) is 0 Å². The molecule has 2 nitrogen and oxygen atoms in total. The molecule has 2 aromatic rings. The quantitative estimate of drug-likeness (QED) is 0.210. The minimum Gasteiger partial charge on any atom is -0.489 e. The van der Waals surface area contributed by atoms with Gasteiger partial charge in [0.2, 0.25) is 0 Å². The number of anilines is 1. The summed E-state index contributed by atoms with van der Waals surface area (Å²) in [6.07, 6.45) is 19.5. The summed E-state index contributed by atoms with van der Waals surface area (Å²) >= 11 is 0. The Kier molecular flexibility index (Phi) is 12.8. The SMILES string of the molecule is CCCCCCCCCCCCCCCc1ccc(OCc2ccccc2N)cc1. The molecule has 0 saturated heterocycles. The lowest BCUT2D eigenvalue weighted by Gasteiger charge is -2.09. The molecule has 0 aromatic heterocycles. The molecule has 0 unspecified atom stereocenters. The fraction of sp³-hybridized carbons (Fsp3) is 0.571. The third-order valence-electron chi connectivity index (χ3n) is 5.94. The summed E-state index contributed by atoms with van der Waals surface area (Å²) in [5.41, 5.74) is 9.20. The van der Waals surface area contributed by atoms with Gasteiger partial charge in [0, 0.05) is 11.3 Å². The Bertz CT molecular complexity index is 665. The van der Waals surface area contributed by atoms with Crippen LogP contribution in [0.2, 0.25) is 0 Å². The van der Waals surface area contributed by atoms with Crippen LogP contribution in [0.5, 0.6) is 5.75 Å². The normalized spacial score (nSPS) is 11.0. The molecule has 0 aliphatic carbocycles. The molecule has 0 amide bonds. The van der Waals surface area contributed by atoms with Crippen LogP contribution in [-0.2, 0) is 13.0 Å². The van der Waals surface area contributed by atoms with Crippen LogP contribution in [-0.4, -0.2) is 0 Å². The van der Waals surface area contributed by atoms with Gasteiger partial charge in [-0.1, -0.05) is 114 Å². The van der Waals surface area contributed by atoms with Gasteiger partial charge in [-0.25, -0.2) is 0 Å². The second kappa shape index (κ2) is 15.8. The summed E-state index contributed by atoms with van der Waals surface area (Å²) in [6, 6.07) is 16.4. The molecule has 0 fully saturated rings. The summed E-state index contributed by atoms with van der Waals surface area (Å²) in [7, 11) is 0. The van der Waals surface area contributed by atoms with Crippen LogP contribution >= 0.6 is 0 Å². The van der Waals surface area contributed by atoms with Crippen LogP contribution in [0.3, 0.4) is 0 Å². The number of nitrogen functional groups attached to an aromatic ring is 1. The number of hydrogen-bond donors (Lipinski definition) is 1. The Morgan fingerprint density at radius 3 is 1.73 bits per heavy atom. The molecule has 0 atom stereocenters. The average molecular weight is 410 g/mol. The molecule has 0 spiro atoms. The summed E-state index contributed by atoms with van der Waals surface area (Å²) in [5.74, 6) is 0.910. The van der Waals surface area contributed by atoms with Gasteiger partial charge in [-0.2, -0.15) is 0 Å².